The van der Waals surface area contributed by atoms with Gasteiger partial charge in [0.25, 0.3) is 0 Å². The number of pyridine rings is 1. The highest BCUT2D eigenvalue weighted by Crippen LogP contribution is 2.30. The van der Waals surface area contributed by atoms with E-state index in [1.54, 1.807) is 13.3 Å². The standard InChI is InChI=1S/C14H16N2O2/c1-16(12-5-3-4-6-13(12)18-2)14-8-7-11(10-17)9-15-14/h3-9,17H,10H2,1-2H3. The van der Waals surface area contributed by atoms with Gasteiger partial charge in [0.1, 0.15) is 11.6 Å². The number of hydrogen-bond donors (Lipinski definition) is 1. The van der Waals surface area contributed by atoms with Crippen LogP contribution in [0, 0.1) is 0 Å². The highest BCUT2D eigenvalue weighted by Gasteiger charge is 2.09. The Bertz CT molecular complexity index is 511. The molecule has 0 aliphatic heterocycles. The predicted molar refractivity (Wildman–Crippen MR) is 71.2 cm³/mol. The molecule has 1 heterocycles. The molecule has 4 nitrogen and oxygen atoms in total. The highest BCUT2D eigenvalue weighted by atomic mass is 16.5. The van der Waals surface area contributed by atoms with Gasteiger partial charge in [-0.05, 0) is 23.8 Å². The summed E-state index contributed by atoms with van der Waals surface area (Å²) >= 11 is 0. The van der Waals surface area contributed by atoms with Crippen LogP contribution >= 0.6 is 0 Å². The molecule has 0 fully saturated rings. The Morgan fingerprint density at radius 3 is 2.61 bits per heavy atom. The van der Waals surface area contributed by atoms with Crippen LogP contribution in [0.2, 0.25) is 0 Å². The minimum absolute atomic E-state index is 0.00561. The summed E-state index contributed by atoms with van der Waals surface area (Å²) in [6, 6.07) is 11.5. The van der Waals surface area contributed by atoms with Crippen molar-refractivity contribution in [3.8, 4) is 5.75 Å². The molecule has 1 aromatic heterocycles. The van der Waals surface area contributed by atoms with E-state index in [0.717, 1.165) is 22.8 Å². The molecule has 0 aliphatic rings. The summed E-state index contributed by atoms with van der Waals surface area (Å²) in [4.78, 5) is 6.26. The van der Waals surface area contributed by atoms with E-state index in [9.17, 15) is 0 Å². The van der Waals surface area contributed by atoms with Crippen LogP contribution in [0.3, 0.4) is 0 Å². The van der Waals surface area contributed by atoms with Crippen LogP contribution in [-0.4, -0.2) is 24.2 Å². The zero-order valence-electron chi connectivity index (χ0n) is 10.5. The van der Waals surface area contributed by atoms with Crippen molar-refractivity contribution in [3.63, 3.8) is 0 Å². The van der Waals surface area contributed by atoms with Gasteiger partial charge in [0.15, 0.2) is 0 Å². The van der Waals surface area contributed by atoms with Gasteiger partial charge in [0, 0.05) is 13.2 Å². The average Bonchev–Trinajstić information content (AvgIpc) is 2.46. The normalized spacial score (nSPS) is 10.2. The van der Waals surface area contributed by atoms with Gasteiger partial charge >= 0.3 is 0 Å². The number of aliphatic hydroxyl groups excluding tert-OH is 1. The Labute approximate surface area is 106 Å². The van der Waals surface area contributed by atoms with Crippen LogP contribution in [0.4, 0.5) is 11.5 Å². The number of methoxy groups -OCH3 is 1. The zero-order valence-corrected chi connectivity index (χ0v) is 10.5. The van der Waals surface area contributed by atoms with Crippen LogP contribution in [0.1, 0.15) is 5.56 Å². The van der Waals surface area contributed by atoms with Gasteiger partial charge in [0.05, 0.1) is 19.4 Å². The first-order valence-corrected chi connectivity index (χ1v) is 5.69. The van der Waals surface area contributed by atoms with E-state index in [2.05, 4.69) is 4.98 Å². The number of nitrogens with zero attached hydrogens (tertiary/aromatic N) is 2. The summed E-state index contributed by atoms with van der Waals surface area (Å²) in [6.07, 6.45) is 1.67. The van der Waals surface area contributed by atoms with Crippen molar-refractivity contribution >= 4 is 11.5 Å². The fourth-order valence-electron chi connectivity index (χ4n) is 1.74. The molecule has 2 aromatic rings. The lowest BCUT2D eigenvalue weighted by molar-refractivity contribution is 0.281. The van der Waals surface area contributed by atoms with Gasteiger partial charge in [-0.15, -0.1) is 0 Å². The highest BCUT2D eigenvalue weighted by molar-refractivity contribution is 5.66. The second-order valence-corrected chi connectivity index (χ2v) is 3.91. The monoisotopic (exact) mass is 244 g/mol. The van der Waals surface area contributed by atoms with Crippen molar-refractivity contribution in [1.82, 2.24) is 4.98 Å². The number of aliphatic hydroxyl groups is 1. The maximum atomic E-state index is 8.99. The summed E-state index contributed by atoms with van der Waals surface area (Å²) < 4.78 is 5.32. The molecule has 2 rings (SSSR count). The zero-order chi connectivity index (χ0) is 13.0. The second kappa shape index (κ2) is 5.51. The van der Waals surface area contributed by atoms with Gasteiger partial charge in [-0.1, -0.05) is 18.2 Å². The van der Waals surface area contributed by atoms with Crippen LogP contribution in [0.5, 0.6) is 5.75 Å². The van der Waals surface area contributed by atoms with Gasteiger partial charge in [-0.25, -0.2) is 4.98 Å². The minimum Gasteiger partial charge on any atom is -0.495 e. The summed E-state index contributed by atoms with van der Waals surface area (Å²) in [7, 11) is 3.58. The van der Waals surface area contributed by atoms with E-state index in [4.69, 9.17) is 9.84 Å². The lowest BCUT2D eigenvalue weighted by Crippen LogP contribution is -2.12. The SMILES string of the molecule is COc1ccccc1N(C)c1ccc(CO)cn1. The molecule has 0 radical (unpaired) electrons. The third-order valence-electron chi connectivity index (χ3n) is 2.78. The van der Waals surface area contributed by atoms with E-state index >= 15 is 0 Å². The molecule has 0 aliphatic carbocycles. The van der Waals surface area contributed by atoms with Crippen molar-refractivity contribution in [3.05, 3.63) is 48.2 Å². The summed E-state index contributed by atoms with van der Waals surface area (Å²) in [5.74, 6) is 1.60. The molecule has 0 saturated carbocycles. The maximum Gasteiger partial charge on any atom is 0.142 e. The van der Waals surface area contributed by atoms with Crippen LogP contribution in [0.15, 0.2) is 42.6 Å². The molecular weight excluding hydrogens is 228 g/mol. The number of rotatable bonds is 4. The van der Waals surface area contributed by atoms with Crippen LogP contribution < -0.4 is 9.64 Å². The van der Waals surface area contributed by atoms with E-state index in [-0.39, 0.29) is 6.61 Å². The molecule has 0 saturated heterocycles. The number of hydrogen-bond acceptors (Lipinski definition) is 4. The lowest BCUT2D eigenvalue weighted by atomic mass is 10.2. The number of anilines is 2. The molecule has 18 heavy (non-hydrogen) atoms. The van der Waals surface area contributed by atoms with E-state index in [1.165, 1.54) is 0 Å². The molecule has 0 amide bonds. The largest absolute Gasteiger partial charge is 0.495 e. The van der Waals surface area contributed by atoms with Gasteiger partial charge in [0.2, 0.25) is 0 Å². The second-order valence-electron chi connectivity index (χ2n) is 3.91. The van der Waals surface area contributed by atoms with Crippen LogP contribution in [-0.2, 0) is 6.61 Å². The average molecular weight is 244 g/mol. The Morgan fingerprint density at radius 1 is 1.22 bits per heavy atom. The van der Waals surface area contributed by atoms with E-state index in [0.29, 0.717) is 0 Å². The smallest absolute Gasteiger partial charge is 0.142 e. The van der Waals surface area contributed by atoms with Gasteiger partial charge in [-0.2, -0.15) is 0 Å². The molecule has 1 N–H and O–H groups in total. The number of aromatic nitrogens is 1. The molecule has 0 atom stereocenters. The van der Waals surface area contributed by atoms with Crippen molar-refractivity contribution in [2.45, 2.75) is 6.61 Å². The molecule has 0 unspecified atom stereocenters. The molecular formula is C14H16N2O2. The van der Waals surface area contributed by atoms with Crippen molar-refractivity contribution < 1.29 is 9.84 Å². The third kappa shape index (κ3) is 2.43. The molecule has 94 valence electrons. The number of para-hydroxylation sites is 2. The fraction of sp³-hybridized carbons (Fsp3) is 0.214. The van der Waals surface area contributed by atoms with E-state index in [1.807, 2.05) is 48.3 Å². The molecule has 1 aromatic carbocycles. The summed E-state index contributed by atoms with van der Waals surface area (Å²) in [5, 5.41) is 8.99. The first-order valence-electron chi connectivity index (χ1n) is 5.69. The Balaban J connectivity index is 2.31. The molecule has 0 spiro atoms. The lowest BCUT2D eigenvalue weighted by Gasteiger charge is -2.20. The fourth-order valence-corrected chi connectivity index (χ4v) is 1.74. The topological polar surface area (TPSA) is 45.6 Å². The van der Waals surface area contributed by atoms with Crippen molar-refractivity contribution in [1.29, 1.82) is 0 Å². The summed E-state index contributed by atoms with van der Waals surface area (Å²) in [6.45, 7) is 0.00561. The van der Waals surface area contributed by atoms with Crippen molar-refractivity contribution in [2.24, 2.45) is 0 Å². The number of ether oxygens (including phenoxy) is 1. The summed E-state index contributed by atoms with van der Waals surface area (Å²) in [5.41, 5.74) is 1.75. The molecule has 4 heteroatoms. The van der Waals surface area contributed by atoms with Crippen LogP contribution in [0.25, 0.3) is 0 Å². The van der Waals surface area contributed by atoms with Crippen molar-refractivity contribution in [2.75, 3.05) is 19.1 Å². The van der Waals surface area contributed by atoms with Gasteiger partial charge < -0.3 is 14.7 Å². The quantitative estimate of drug-likeness (QED) is 0.896. The molecule has 0 bridgehead atoms. The Morgan fingerprint density at radius 2 is 2.00 bits per heavy atom. The first kappa shape index (κ1) is 12.4. The number of benzene rings is 1. The Kier molecular flexibility index (Phi) is 3.79. The minimum atomic E-state index is 0.00561. The maximum absolute atomic E-state index is 8.99. The third-order valence-corrected chi connectivity index (χ3v) is 2.78. The Hall–Kier alpha value is -2.07. The van der Waals surface area contributed by atoms with E-state index < -0.39 is 0 Å². The first-order chi connectivity index (χ1) is 8.76. The van der Waals surface area contributed by atoms with Gasteiger partial charge in [-0.3, -0.25) is 0 Å². The predicted octanol–water partition coefficient (Wildman–Crippen LogP) is 2.35.